The monoisotopic (exact) mass is 285 g/mol. The fraction of sp³-hybridized carbons (Fsp3) is 0.214. The molecule has 6 heteroatoms. The highest BCUT2D eigenvalue weighted by molar-refractivity contribution is 5.60. The van der Waals surface area contributed by atoms with Crippen molar-refractivity contribution in [3.05, 3.63) is 48.2 Å². The molecule has 2 rings (SSSR count). The van der Waals surface area contributed by atoms with E-state index < -0.39 is 12.5 Å². The van der Waals surface area contributed by atoms with Gasteiger partial charge in [0.15, 0.2) is 0 Å². The first-order chi connectivity index (χ1) is 9.38. The summed E-state index contributed by atoms with van der Waals surface area (Å²) in [5, 5.41) is 0. The summed E-state index contributed by atoms with van der Waals surface area (Å²) >= 11 is 0. The number of ether oxygens (including phenoxy) is 1. The number of hydrogen-bond acceptors (Lipinski definition) is 2. The molecule has 0 unspecified atom stereocenters. The summed E-state index contributed by atoms with van der Waals surface area (Å²) in [4.78, 5) is 4.17. The molecule has 20 heavy (non-hydrogen) atoms. The molecule has 0 amide bonds. The first-order valence-electron chi connectivity index (χ1n) is 5.76. The van der Waals surface area contributed by atoms with E-state index in [1.54, 1.807) is 12.3 Å². The number of aryl methyl sites for hydroxylation is 1. The van der Waals surface area contributed by atoms with E-state index >= 15 is 0 Å². The number of benzene rings is 1. The van der Waals surface area contributed by atoms with Crippen molar-refractivity contribution in [2.75, 3.05) is 0 Å². The number of aromatic nitrogens is 1. The average Bonchev–Trinajstić information content (AvgIpc) is 2.40. The van der Waals surface area contributed by atoms with Crippen LogP contribution in [-0.4, -0.2) is 17.5 Å². The maximum absolute atomic E-state index is 12.7. The second-order valence-corrected chi connectivity index (χ2v) is 4.21. The summed E-state index contributed by atoms with van der Waals surface area (Å²) in [7, 11) is 0. The molecule has 1 aromatic heterocycles. The number of nitrogens with zero attached hydrogens (tertiary/aromatic N) is 1. The zero-order valence-electron chi connectivity index (χ0n) is 10.5. The Hall–Kier alpha value is -2.11. The van der Waals surface area contributed by atoms with Crippen LogP contribution in [0.25, 0.3) is 11.3 Å². The summed E-state index contributed by atoms with van der Waals surface area (Å²) < 4.78 is 53.4. The Morgan fingerprint density at radius 2 is 1.70 bits per heavy atom. The van der Waals surface area contributed by atoms with Crippen LogP contribution < -0.4 is 4.74 Å². The summed E-state index contributed by atoms with van der Waals surface area (Å²) in [5.74, 6) is -0.328. The van der Waals surface area contributed by atoms with Crippen LogP contribution in [0, 0.1) is 6.92 Å². The van der Waals surface area contributed by atoms with E-state index in [1.807, 2.05) is 13.0 Å². The van der Waals surface area contributed by atoms with Crippen LogP contribution in [0.3, 0.4) is 0 Å². The predicted molar refractivity (Wildman–Crippen MR) is 66.0 cm³/mol. The van der Waals surface area contributed by atoms with E-state index in [-0.39, 0.29) is 5.75 Å². The van der Waals surface area contributed by atoms with Gasteiger partial charge >= 0.3 is 12.5 Å². The van der Waals surface area contributed by atoms with Gasteiger partial charge in [-0.05, 0) is 42.8 Å². The van der Waals surface area contributed by atoms with Crippen LogP contribution >= 0.6 is 0 Å². The van der Waals surface area contributed by atoms with E-state index in [1.165, 1.54) is 24.3 Å². The number of pyridine rings is 1. The van der Waals surface area contributed by atoms with Crippen molar-refractivity contribution < 1.29 is 22.3 Å². The summed E-state index contributed by atoms with van der Waals surface area (Å²) in [6.07, 6.45) is -6.70. The van der Waals surface area contributed by atoms with Gasteiger partial charge < -0.3 is 4.74 Å². The zero-order chi connectivity index (χ0) is 14.8. The van der Waals surface area contributed by atoms with Crippen molar-refractivity contribution in [2.45, 2.75) is 19.5 Å². The molecule has 0 atom stereocenters. The van der Waals surface area contributed by atoms with Gasteiger partial charge in [0.05, 0.1) is 5.69 Å². The molecule has 2 aromatic rings. The minimum atomic E-state index is -4.50. The van der Waals surface area contributed by atoms with Gasteiger partial charge in [-0.3, -0.25) is 4.98 Å². The molecule has 0 saturated heterocycles. The molecule has 0 aliphatic rings. The van der Waals surface area contributed by atoms with Gasteiger partial charge in [-0.25, -0.2) is 0 Å². The largest absolute Gasteiger partial charge is 0.461 e. The van der Waals surface area contributed by atoms with Gasteiger partial charge in [-0.2, -0.15) is 17.6 Å². The van der Waals surface area contributed by atoms with Crippen molar-refractivity contribution >= 4 is 0 Å². The Bertz CT molecular complexity index is 567. The van der Waals surface area contributed by atoms with E-state index in [0.29, 0.717) is 11.3 Å². The molecule has 0 spiro atoms. The molecule has 1 heterocycles. The number of hydrogen-bond donors (Lipinski definition) is 0. The lowest BCUT2D eigenvalue weighted by atomic mass is 10.1. The Labute approximate surface area is 113 Å². The molecular weight excluding hydrogens is 274 g/mol. The Balaban J connectivity index is 2.16. The van der Waals surface area contributed by atoms with E-state index in [4.69, 9.17) is 0 Å². The van der Waals surface area contributed by atoms with Crippen LogP contribution in [0.5, 0.6) is 5.75 Å². The highest BCUT2D eigenvalue weighted by atomic mass is 19.3. The molecule has 2 nitrogen and oxygen atoms in total. The standard InChI is InChI=1S/C14H11F4NO/c1-9-2-7-12(19-8-9)10-3-5-11(6-4-10)20-14(17,18)13(15)16/h2-8,13H,1H3. The second kappa shape index (κ2) is 5.48. The Morgan fingerprint density at radius 1 is 1.05 bits per heavy atom. The van der Waals surface area contributed by atoms with Gasteiger partial charge in [0.1, 0.15) is 5.75 Å². The van der Waals surface area contributed by atoms with Crippen molar-refractivity contribution in [1.29, 1.82) is 0 Å². The van der Waals surface area contributed by atoms with E-state index in [0.717, 1.165) is 5.56 Å². The second-order valence-electron chi connectivity index (χ2n) is 4.21. The third-order valence-corrected chi connectivity index (χ3v) is 2.57. The summed E-state index contributed by atoms with van der Waals surface area (Å²) in [5.41, 5.74) is 2.32. The molecule has 106 valence electrons. The maximum atomic E-state index is 12.7. The molecule has 1 aromatic carbocycles. The number of halogens is 4. The first-order valence-corrected chi connectivity index (χ1v) is 5.76. The lowest BCUT2D eigenvalue weighted by Crippen LogP contribution is -2.33. The third-order valence-electron chi connectivity index (χ3n) is 2.57. The zero-order valence-corrected chi connectivity index (χ0v) is 10.5. The quantitative estimate of drug-likeness (QED) is 0.782. The Kier molecular flexibility index (Phi) is 3.92. The van der Waals surface area contributed by atoms with E-state index in [2.05, 4.69) is 9.72 Å². The summed E-state index contributed by atoms with van der Waals surface area (Å²) in [6, 6.07) is 9.00. The highest BCUT2D eigenvalue weighted by Crippen LogP contribution is 2.28. The van der Waals surface area contributed by atoms with Crippen LogP contribution in [-0.2, 0) is 0 Å². The normalized spacial score (nSPS) is 11.7. The average molecular weight is 285 g/mol. The van der Waals surface area contributed by atoms with Crippen LogP contribution in [0.15, 0.2) is 42.6 Å². The number of alkyl halides is 4. The van der Waals surface area contributed by atoms with Gasteiger partial charge in [0.25, 0.3) is 0 Å². The minimum Gasteiger partial charge on any atom is -0.428 e. The van der Waals surface area contributed by atoms with Gasteiger partial charge in [-0.1, -0.05) is 6.07 Å². The lowest BCUT2D eigenvalue weighted by molar-refractivity contribution is -0.253. The van der Waals surface area contributed by atoms with Gasteiger partial charge in [0, 0.05) is 11.8 Å². The molecule has 0 aliphatic heterocycles. The van der Waals surface area contributed by atoms with Crippen molar-refractivity contribution in [2.24, 2.45) is 0 Å². The van der Waals surface area contributed by atoms with Crippen molar-refractivity contribution in [1.82, 2.24) is 4.98 Å². The molecule has 0 fully saturated rings. The lowest BCUT2D eigenvalue weighted by Gasteiger charge is -2.16. The minimum absolute atomic E-state index is 0.328. The SMILES string of the molecule is Cc1ccc(-c2ccc(OC(F)(F)C(F)F)cc2)nc1. The van der Waals surface area contributed by atoms with E-state index in [9.17, 15) is 17.6 Å². The van der Waals surface area contributed by atoms with Crippen LogP contribution in [0.2, 0.25) is 0 Å². The predicted octanol–water partition coefficient (Wildman–Crippen LogP) is 4.29. The number of rotatable bonds is 4. The third kappa shape index (κ3) is 3.26. The molecule has 0 saturated carbocycles. The topological polar surface area (TPSA) is 22.1 Å². The highest BCUT2D eigenvalue weighted by Gasteiger charge is 2.43. The molecule has 0 bridgehead atoms. The summed E-state index contributed by atoms with van der Waals surface area (Å²) in [6.45, 7) is 1.89. The molecule has 0 radical (unpaired) electrons. The van der Waals surface area contributed by atoms with Gasteiger partial charge in [-0.15, -0.1) is 0 Å². The van der Waals surface area contributed by atoms with Crippen molar-refractivity contribution in [3.8, 4) is 17.0 Å². The van der Waals surface area contributed by atoms with Gasteiger partial charge in [0.2, 0.25) is 0 Å². The van der Waals surface area contributed by atoms with Crippen LogP contribution in [0.1, 0.15) is 5.56 Å². The fourth-order valence-electron chi connectivity index (χ4n) is 1.53. The first kappa shape index (κ1) is 14.3. The smallest absolute Gasteiger partial charge is 0.428 e. The molecule has 0 N–H and O–H groups in total. The molecular formula is C14H11F4NO. The maximum Gasteiger partial charge on any atom is 0.461 e. The van der Waals surface area contributed by atoms with Crippen molar-refractivity contribution in [3.63, 3.8) is 0 Å². The molecule has 0 aliphatic carbocycles. The Morgan fingerprint density at radius 3 is 2.20 bits per heavy atom. The fourth-order valence-corrected chi connectivity index (χ4v) is 1.53. The van der Waals surface area contributed by atoms with Crippen LogP contribution in [0.4, 0.5) is 17.6 Å².